The summed E-state index contributed by atoms with van der Waals surface area (Å²) in [6.45, 7) is 2.38. The molecule has 1 unspecified atom stereocenters. The van der Waals surface area contributed by atoms with Gasteiger partial charge < -0.3 is 9.80 Å². The second kappa shape index (κ2) is 7.80. The molecule has 2 aromatic carbocycles. The maximum absolute atomic E-state index is 13.2. The van der Waals surface area contributed by atoms with E-state index in [4.69, 9.17) is 11.6 Å². The van der Waals surface area contributed by atoms with Crippen molar-refractivity contribution in [2.24, 2.45) is 0 Å². The van der Waals surface area contributed by atoms with Gasteiger partial charge in [0.05, 0.1) is 6.04 Å². The minimum absolute atomic E-state index is 0.00610. The maximum atomic E-state index is 13.2. The van der Waals surface area contributed by atoms with Crippen molar-refractivity contribution < 1.29 is 4.79 Å². The molecule has 1 aliphatic rings. The Bertz CT molecular complexity index is 926. The summed E-state index contributed by atoms with van der Waals surface area (Å²) in [5, 5.41) is 3.38. The molecule has 4 nitrogen and oxygen atoms in total. The molecular formula is C21H20ClN3OS. The molecule has 6 heteroatoms. The molecule has 1 saturated heterocycles. The fourth-order valence-electron chi connectivity index (χ4n) is 3.37. The van der Waals surface area contributed by atoms with Gasteiger partial charge in [0.15, 0.2) is 0 Å². The number of benzene rings is 2. The first kappa shape index (κ1) is 18.2. The number of carbonyl (C=O) groups is 1. The highest BCUT2D eigenvalue weighted by Gasteiger charge is 2.31. The highest BCUT2D eigenvalue weighted by atomic mass is 35.5. The minimum Gasteiger partial charge on any atom is -0.328 e. The Morgan fingerprint density at radius 3 is 2.59 bits per heavy atom. The van der Waals surface area contributed by atoms with E-state index in [0.717, 1.165) is 29.2 Å². The number of likely N-dealkylation sites (N-methyl/N-ethyl adjacent to an activating group) is 1. The van der Waals surface area contributed by atoms with Crippen LogP contribution in [0.15, 0.2) is 60.0 Å². The molecule has 1 fully saturated rings. The second-order valence-corrected chi connectivity index (χ2v) is 8.03. The van der Waals surface area contributed by atoms with Crippen molar-refractivity contribution in [3.05, 3.63) is 76.3 Å². The van der Waals surface area contributed by atoms with Crippen molar-refractivity contribution in [2.75, 3.05) is 26.7 Å². The Labute approximate surface area is 168 Å². The predicted octanol–water partition coefficient (Wildman–Crippen LogP) is 4.59. The number of hydrogen-bond acceptors (Lipinski definition) is 4. The molecule has 0 radical (unpaired) electrons. The van der Waals surface area contributed by atoms with E-state index in [1.54, 1.807) is 0 Å². The largest absolute Gasteiger partial charge is 0.328 e. The molecular weight excluding hydrogens is 378 g/mol. The van der Waals surface area contributed by atoms with Crippen LogP contribution >= 0.6 is 22.9 Å². The van der Waals surface area contributed by atoms with Gasteiger partial charge in [0.1, 0.15) is 10.7 Å². The Kier molecular flexibility index (Phi) is 5.25. The Morgan fingerprint density at radius 1 is 1.11 bits per heavy atom. The zero-order valence-corrected chi connectivity index (χ0v) is 16.6. The van der Waals surface area contributed by atoms with Crippen molar-refractivity contribution in [1.82, 2.24) is 14.8 Å². The first-order chi connectivity index (χ1) is 13.1. The van der Waals surface area contributed by atoms with Gasteiger partial charge in [0.2, 0.25) is 0 Å². The summed E-state index contributed by atoms with van der Waals surface area (Å²) < 4.78 is 0. The van der Waals surface area contributed by atoms with Crippen molar-refractivity contribution in [3.8, 4) is 10.6 Å². The fourth-order valence-corrected chi connectivity index (χ4v) is 4.29. The van der Waals surface area contributed by atoms with Crippen molar-refractivity contribution in [2.45, 2.75) is 6.04 Å². The van der Waals surface area contributed by atoms with Crippen LogP contribution in [0.4, 0.5) is 0 Å². The molecule has 0 spiro atoms. The molecule has 27 heavy (non-hydrogen) atoms. The van der Waals surface area contributed by atoms with Crippen LogP contribution < -0.4 is 0 Å². The van der Waals surface area contributed by atoms with Crippen LogP contribution in [0.3, 0.4) is 0 Å². The lowest BCUT2D eigenvalue weighted by Gasteiger charge is -2.40. The lowest BCUT2D eigenvalue weighted by atomic mass is 10.0. The van der Waals surface area contributed by atoms with E-state index in [9.17, 15) is 4.79 Å². The summed E-state index contributed by atoms with van der Waals surface area (Å²) in [6.07, 6.45) is 0. The predicted molar refractivity (Wildman–Crippen MR) is 110 cm³/mol. The van der Waals surface area contributed by atoms with Gasteiger partial charge in [-0.2, -0.15) is 0 Å². The van der Waals surface area contributed by atoms with Gasteiger partial charge in [-0.3, -0.25) is 4.79 Å². The number of halogens is 1. The van der Waals surface area contributed by atoms with Crippen LogP contribution in [0.2, 0.25) is 5.02 Å². The molecule has 0 N–H and O–H groups in total. The van der Waals surface area contributed by atoms with E-state index in [0.29, 0.717) is 17.3 Å². The molecule has 0 bridgehead atoms. The molecule has 138 valence electrons. The standard InChI is InChI=1S/C21H20ClN3OS/c1-24-11-12-25(19(13-24)15-5-3-2-4-6-15)21(26)18-14-27-20(23-18)16-7-9-17(22)10-8-16/h2-10,14,19H,11-13H2,1H3. The summed E-state index contributed by atoms with van der Waals surface area (Å²) in [7, 11) is 2.10. The number of hydrogen-bond donors (Lipinski definition) is 0. The molecule has 3 aromatic rings. The third-order valence-corrected chi connectivity index (χ3v) is 5.99. The SMILES string of the molecule is CN1CCN(C(=O)c2csc(-c3ccc(Cl)cc3)n2)C(c2ccccc2)C1. The topological polar surface area (TPSA) is 36.4 Å². The average Bonchev–Trinajstić information content (AvgIpc) is 3.19. The molecule has 1 aliphatic heterocycles. The molecule has 0 saturated carbocycles. The molecule has 2 heterocycles. The third-order valence-electron chi connectivity index (χ3n) is 4.84. The third kappa shape index (κ3) is 3.90. The van der Waals surface area contributed by atoms with Crippen LogP contribution in [-0.4, -0.2) is 47.4 Å². The Hall–Kier alpha value is -2.21. The van der Waals surface area contributed by atoms with E-state index < -0.39 is 0 Å². The molecule has 0 aliphatic carbocycles. The summed E-state index contributed by atoms with van der Waals surface area (Å²) in [6, 6.07) is 17.8. The summed E-state index contributed by atoms with van der Waals surface area (Å²) in [5.41, 5.74) is 2.64. The summed E-state index contributed by atoms with van der Waals surface area (Å²) >= 11 is 7.45. The summed E-state index contributed by atoms with van der Waals surface area (Å²) in [5.74, 6) is -0.00610. The number of thiazole rings is 1. The van der Waals surface area contributed by atoms with E-state index in [1.807, 2.05) is 52.7 Å². The monoisotopic (exact) mass is 397 g/mol. The van der Waals surface area contributed by atoms with Gasteiger partial charge in [0, 0.05) is 35.6 Å². The van der Waals surface area contributed by atoms with Crippen LogP contribution in [0, 0.1) is 0 Å². The fraction of sp³-hybridized carbons (Fsp3) is 0.238. The number of carbonyl (C=O) groups excluding carboxylic acids is 1. The second-order valence-electron chi connectivity index (χ2n) is 6.73. The number of aromatic nitrogens is 1. The van der Waals surface area contributed by atoms with Gasteiger partial charge in [-0.05, 0) is 24.7 Å². The highest BCUT2D eigenvalue weighted by Crippen LogP contribution is 2.29. The van der Waals surface area contributed by atoms with Crippen LogP contribution in [-0.2, 0) is 0 Å². The van der Waals surface area contributed by atoms with E-state index in [2.05, 4.69) is 29.1 Å². The van der Waals surface area contributed by atoms with Crippen LogP contribution in [0.5, 0.6) is 0 Å². The number of amides is 1. The Balaban J connectivity index is 1.60. The smallest absolute Gasteiger partial charge is 0.273 e. The van der Waals surface area contributed by atoms with E-state index in [-0.39, 0.29) is 11.9 Å². The van der Waals surface area contributed by atoms with E-state index >= 15 is 0 Å². The van der Waals surface area contributed by atoms with E-state index in [1.165, 1.54) is 11.3 Å². The lowest BCUT2D eigenvalue weighted by Crippen LogP contribution is -2.49. The minimum atomic E-state index is -0.00610. The molecule has 1 atom stereocenters. The molecule has 1 amide bonds. The van der Waals surface area contributed by atoms with Gasteiger partial charge in [-0.25, -0.2) is 4.98 Å². The Morgan fingerprint density at radius 2 is 1.85 bits per heavy atom. The van der Waals surface area contributed by atoms with Crippen LogP contribution in [0.1, 0.15) is 22.1 Å². The summed E-state index contributed by atoms with van der Waals surface area (Å²) in [4.78, 5) is 22.0. The average molecular weight is 398 g/mol. The van der Waals surface area contributed by atoms with Gasteiger partial charge in [-0.1, -0.05) is 54.1 Å². The normalized spacial score (nSPS) is 17.9. The number of nitrogens with zero attached hydrogens (tertiary/aromatic N) is 3. The zero-order valence-electron chi connectivity index (χ0n) is 15.0. The molecule has 1 aromatic heterocycles. The van der Waals surface area contributed by atoms with Crippen LogP contribution in [0.25, 0.3) is 10.6 Å². The highest BCUT2D eigenvalue weighted by molar-refractivity contribution is 7.13. The first-order valence-corrected chi connectivity index (χ1v) is 10.1. The maximum Gasteiger partial charge on any atom is 0.273 e. The lowest BCUT2D eigenvalue weighted by molar-refractivity contribution is 0.0493. The first-order valence-electron chi connectivity index (χ1n) is 8.88. The molecule has 4 rings (SSSR count). The van der Waals surface area contributed by atoms with Gasteiger partial charge in [-0.15, -0.1) is 11.3 Å². The van der Waals surface area contributed by atoms with Crippen molar-refractivity contribution in [3.63, 3.8) is 0 Å². The van der Waals surface area contributed by atoms with Crippen molar-refractivity contribution in [1.29, 1.82) is 0 Å². The van der Waals surface area contributed by atoms with Crippen molar-refractivity contribution >= 4 is 28.8 Å². The zero-order chi connectivity index (χ0) is 18.8. The number of rotatable bonds is 3. The van der Waals surface area contributed by atoms with Gasteiger partial charge >= 0.3 is 0 Å². The number of piperazine rings is 1. The van der Waals surface area contributed by atoms with Gasteiger partial charge in [0.25, 0.3) is 5.91 Å². The quantitative estimate of drug-likeness (QED) is 0.648.